The Morgan fingerprint density at radius 2 is 2.18 bits per heavy atom. The van der Waals surface area contributed by atoms with Crippen molar-refractivity contribution in [2.45, 2.75) is 31.6 Å². The van der Waals surface area contributed by atoms with Gasteiger partial charge in [0.2, 0.25) is 15.9 Å². The number of benzene rings is 1. The van der Waals surface area contributed by atoms with E-state index in [9.17, 15) is 13.2 Å². The normalized spacial score (nSPS) is 19.8. The lowest BCUT2D eigenvalue weighted by atomic mass is 9.99. The summed E-state index contributed by atoms with van der Waals surface area (Å²) in [5.74, 6) is -0.206. The first-order chi connectivity index (χ1) is 10.4. The number of rotatable bonds is 5. The van der Waals surface area contributed by atoms with Crippen molar-refractivity contribution in [3.8, 4) is 5.75 Å². The second-order valence-corrected chi connectivity index (χ2v) is 7.37. The van der Waals surface area contributed by atoms with E-state index in [1.165, 1.54) is 4.31 Å². The number of hydrogen-bond donors (Lipinski definition) is 1. The quantitative estimate of drug-likeness (QED) is 0.882. The Bertz CT molecular complexity index is 658. The Hall–Kier alpha value is -1.60. The summed E-state index contributed by atoms with van der Waals surface area (Å²) in [6.45, 7) is 4.71. The number of nitrogens with zero attached hydrogens (tertiary/aromatic N) is 1. The fourth-order valence-corrected chi connectivity index (χ4v) is 4.43. The summed E-state index contributed by atoms with van der Waals surface area (Å²) in [6.07, 6.45) is 1.28. The van der Waals surface area contributed by atoms with E-state index in [1.807, 2.05) is 6.92 Å². The first-order valence-corrected chi connectivity index (χ1v) is 8.83. The van der Waals surface area contributed by atoms with Crippen LogP contribution in [0.3, 0.4) is 0 Å². The number of carbonyl (C=O) groups is 1. The van der Waals surface area contributed by atoms with Crippen LogP contribution in [0.15, 0.2) is 23.1 Å². The highest BCUT2D eigenvalue weighted by molar-refractivity contribution is 7.89. The van der Waals surface area contributed by atoms with Gasteiger partial charge in [-0.1, -0.05) is 0 Å². The SMILES string of the molecule is CCOc1ccc(S(=O)(=O)N2CCC[C@H](C(N)=O)C2)c(C)c1. The van der Waals surface area contributed by atoms with Crippen LogP contribution in [0.25, 0.3) is 0 Å². The average Bonchev–Trinajstić information content (AvgIpc) is 2.47. The molecule has 1 aliphatic heterocycles. The monoisotopic (exact) mass is 326 g/mol. The molecule has 0 spiro atoms. The summed E-state index contributed by atoms with van der Waals surface area (Å²) in [7, 11) is -3.62. The zero-order valence-corrected chi connectivity index (χ0v) is 13.7. The van der Waals surface area contributed by atoms with Gasteiger partial charge in [0.1, 0.15) is 5.75 Å². The number of hydrogen-bond acceptors (Lipinski definition) is 4. The summed E-state index contributed by atoms with van der Waals surface area (Å²) in [6, 6.07) is 4.92. The molecule has 1 atom stereocenters. The molecule has 2 rings (SSSR count). The number of amides is 1. The van der Waals surface area contributed by atoms with E-state index in [-0.39, 0.29) is 11.4 Å². The van der Waals surface area contributed by atoms with E-state index in [0.717, 1.165) is 0 Å². The predicted octanol–water partition coefficient (Wildman–Crippen LogP) is 1.28. The molecule has 22 heavy (non-hydrogen) atoms. The van der Waals surface area contributed by atoms with Crippen molar-refractivity contribution in [1.82, 2.24) is 4.31 Å². The topological polar surface area (TPSA) is 89.7 Å². The predicted molar refractivity (Wildman–Crippen MR) is 83.0 cm³/mol. The molecule has 0 aliphatic carbocycles. The zero-order chi connectivity index (χ0) is 16.3. The lowest BCUT2D eigenvalue weighted by molar-refractivity contribution is -0.122. The maximum absolute atomic E-state index is 12.8. The van der Waals surface area contributed by atoms with Gasteiger partial charge < -0.3 is 10.5 Å². The van der Waals surface area contributed by atoms with Crippen LogP contribution >= 0.6 is 0 Å². The summed E-state index contributed by atoms with van der Waals surface area (Å²) >= 11 is 0. The van der Waals surface area contributed by atoms with Crippen molar-refractivity contribution in [3.63, 3.8) is 0 Å². The summed E-state index contributed by atoms with van der Waals surface area (Å²) < 4.78 is 32.3. The minimum atomic E-state index is -3.62. The van der Waals surface area contributed by atoms with Crippen molar-refractivity contribution >= 4 is 15.9 Å². The van der Waals surface area contributed by atoms with Crippen LogP contribution in [0, 0.1) is 12.8 Å². The highest BCUT2D eigenvalue weighted by Crippen LogP contribution is 2.27. The Labute approximate surface area is 131 Å². The molecule has 1 aromatic rings. The second-order valence-electron chi connectivity index (χ2n) is 5.46. The van der Waals surface area contributed by atoms with Gasteiger partial charge in [-0.05, 0) is 50.5 Å². The molecule has 0 aromatic heterocycles. The first kappa shape index (κ1) is 16.8. The molecule has 2 N–H and O–H groups in total. The van der Waals surface area contributed by atoms with E-state index < -0.39 is 21.8 Å². The number of aryl methyl sites for hydroxylation is 1. The van der Waals surface area contributed by atoms with Gasteiger partial charge in [0, 0.05) is 13.1 Å². The lowest BCUT2D eigenvalue weighted by Crippen LogP contribution is -2.44. The van der Waals surface area contributed by atoms with Crippen LogP contribution in [0.4, 0.5) is 0 Å². The van der Waals surface area contributed by atoms with E-state index in [0.29, 0.717) is 37.3 Å². The standard InChI is InChI=1S/C15H22N2O4S/c1-3-21-13-6-7-14(11(2)9-13)22(19,20)17-8-4-5-12(10-17)15(16)18/h6-7,9,12H,3-5,8,10H2,1-2H3,(H2,16,18)/t12-/m0/s1. The maximum Gasteiger partial charge on any atom is 0.243 e. The summed E-state index contributed by atoms with van der Waals surface area (Å²) in [4.78, 5) is 11.6. The molecule has 1 fully saturated rings. The number of sulfonamides is 1. The maximum atomic E-state index is 12.8. The molecular weight excluding hydrogens is 304 g/mol. The molecule has 7 heteroatoms. The van der Waals surface area contributed by atoms with Gasteiger partial charge in [0.15, 0.2) is 0 Å². The molecule has 1 saturated heterocycles. The van der Waals surface area contributed by atoms with Crippen molar-refractivity contribution in [2.24, 2.45) is 11.7 Å². The van der Waals surface area contributed by atoms with Crippen LogP contribution in [-0.4, -0.2) is 38.3 Å². The number of piperidine rings is 1. The third kappa shape index (κ3) is 3.41. The highest BCUT2D eigenvalue weighted by atomic mass is 32.2. The number of nitrogens with two attached hydrogens (primary N) is 1. The molecular formula is C15H22N2O4S. The smallest absolute Gasteiger partial charge is 0.243 e. The molecule has 0 unspecified atom stereocenters. The number of carbonyl (C=O) groups excluding carboxylic acids is 1. The lowest BCUT2D eigenvalue weighted by Gasteiger charge is -2.30. The second kappa shape index (κ2) is 6.66. The number of primary amides is 1. The van der Waals surface area contributed by atoms with Gasteiger partial charge in [0.25, 0.3) is 0 Å². The largest absolute Gasteiger partial charge is 0.494 e. The summed E-state index contributed by atoms with van der Waals surface area (Å²) in [5, 5.41) is 0. The van der Waals surface area contributed by atoms with Crippen molar-refractivity contribution in [3.05, 3.63) is 23.8 Å². The Morgan fingerprint density at radius 3 is 2.77 bits per heavy atom. The summed E-state index contributed by atoms with van der Waals surface area (Å²) in [5.41, 5.74) is 5.95. The van der Waals surface area contributed by atoms with Crippen LogP contribution in [0.2, 0.25) is 0 Å². The number of ether oxygens (including phenoxy) is 1. The van der Waals surface area contributed by atoms with Crippen LogP contribution in [0.5, 0.6) is 5.75 Å². The molecule has 1 aliphatic rings. The van der Waals surface area contributed by atoms with Crippen LogP contribution in [0.1, 0.15) is 25.3 Å². The average molecular weight is 326 g/mol. The van der Waals surface area contributed by atoms with Gasteiger partial charge in [-0.25, -0.2) is 8.42 Å². The van der Waals surface area contributed by atoms with Crippen molar-refractivity contribution in [2.75, 3.05) is 19.7 Å². The fourth-order valence-electron chi connectivity index (χ4n) is 2.70. The van der Waals surface area contributed by atoms with Crippen LogP contribution in [-0.2, 0) is 14.8 Å². The van der Waals surface area contributed by atoms with E-state index in [4.69, 9.17) is 10.5 Å². The third-order valence-corrected chi connectivity index (χ3v) is 5.89. The van der Waals surface area contributed by atoms with Gasteiger partial charge in [0.05, 0.1) is 17.4 Å². The molecule has 0 saturated carbocycles. The van der Waals surface area contributed by atoms with Crippen molar-refractivity contribution < 1.29 is 17.9 Å². The molecule has 122 valence electrons. The molecule has 1 heterocycles. The zero-order valence-electron chi connectivity index (χ0n) is 12.9. The Balaban J connectivity index is 2.28. The first-order valence-electron chi connectivity index (χ1n) is 7.39. The molecule has 0 radical (unpaired) electrons. The van der Waals surface area contributed by atoms with E-state index >= 15 is 0 Å². The molecule has 6 nitrogen and oxygen atoms in total. The molecule has 1 aromatic carbocycles. The molecule has 1 amide bonds. The Kier molecular flexibility index (Phi) is 5.08. The minimum absolute atomic E-state index is 0.157. The van der Waals surface area contributed by atoms with E-state index in [2.05, 4.69) is 0 Å². The minimum Gasteiger partial charge on any atom is -0.494 e. The van der Waals surface area contributed by atoms with Crippen LogP contribution < -0.4 is 10.5 Å². The fraction of sp³-hybridized carbons (Fsp3) is 0.533. The highest BCUT2D eigenvalue weighted by Gasteiger charge is 2.33. The van der Waals surface area contributed by atoms with Crippen molar-refractivity contribution in [1.29, 1.82) is 0 Å². The van der Waals surface area contributed by atoms with E-state index in [1.54, 1.807) is 25.1 Å². The third-order valence-electron chi connectivity index (χ3n) is 3.86. The van der Waals surface area contributed by atoms with Gasteiger partial charge in [-0.15, -0.1) is 0 Å². The van der Waals surface area contributed by atoms with Gasteiger partial charge >= 0.3 is 0 Å². The molecule has 0 bridgehead atoms. The van der Waals surface area contributed by atoms with Gasteiger partial charge in [-0.2, -0.15) is 4.31 Å². The van der Waals surface area contributed by atoms with Gasteiger partial charge in [-0.3, -0.25) is 4.79 Å². The Morgan fingerprint density at radius 1 is 1.45 bits per heavy atom.